The summed E-state index contributed by atoms with van der Waals surface area (Å²) in [5, 5.41) is 0.876. The Bertz CT molecular complexity index is 704. The number of fused-ring (bicyclic) bond motifs is 2. The number of aromatic amines is 1. The highest BCUT2D eigenvalue weighted by atomic mass is 16.1. The van der Waals surface area contributed by atoms with Crippen LogP contribution in [0.2, 0.25) is 0 Å². The van der Waals surface area contributed by atoms with Gasteiger partial charge in [-0.05, 0) is 12.1 Å². The van der Waals surface area contributed by atoms with E-state index >= 15 is 0 Å². The summed E-state index contributed by atoms with van der Waals surface area (Å²) in [6.45, 7) is 0. The minimum atomic E-state index is -0.222. The van der Waals surface area contributed by atoms with Crippen LogP contribution in [-0.4, -0.2) is 19.9 Å². The van der Waals surface area contributed by atoms with E-state index < -0.39 is 0 Å². The van der Waals surface area contributed by atoms with Crippen LogP contribution < -0.4 is 5.56 Å². The van der Waals surface area contributed by atoms with Gasteiger partial charge in [-0.15, -0.1) is 0 Å². The zero-order valence-electron chi connectivity index (χ0n) is 7.56. The van der Waals surface area contributed by atoms with Crippen molar-refractivity contribution in [1.82, 2.24) is 19.9 Å². The largest absolute Gasteiger partial charge is 0.319 e. The predicted octanol–water partition coefficient (Wildman–Crippen LogP) is 0.666. The van der Waals surface area contributed by atoms with Gasteiger partial charge in [0.05, 0.1) is 22.7 Å². The number of rotatable bonds is 0. The lowest BCUT2D eigenvalue weighted by Crippen LogP contribution is -2.04. The van der Waals surface area contributed by atoms with E-state index in [4.69, 9.17) is 0 Å². The summed E-state index contributed by atoms with van der Waals surface area (Å²) in [5.74, 6) is 0. The molecule has 0 amide bonds. The molecule has 0 spiro atoms. The predicted molar refractivity (Wildman–Crippen MR) is 54.3 cm³/mol. The van der Waals surface area contributed by atoms with Crippen LogP contribution in [0.1, 0.15) is 0 Å². The first kappa shape index (κ1) is 8.05. The average Bonchev–Trinajstić information content (AvgIpc) is 2.26. The third kappa shape index (κ3) is 1.25. The van der Waals surface area contributed by atoms with Gasteiger partial charge < -0.3 is 4.98 Å². The normalized spacial score (nSPS) is 10.9. The standard InChI is InChI=1S/C10H5N4O/c15-10-4-12-8-1-6-3-11-5-13-7(6)2-9(8)14-10/h1-4H,(H,14,15). The molecule has 5 heteroatoms. The highest BCUT2D eigenvalue weighted by Gasteiger charge is 2.00. The second-order valence-corrected chi connectivity index (χ2v) is 3.15. The van der Waals surface area contributed by atoms with Gasteiger partial charge in [0.1, 0.15) is 0 Å². The summed E-state index contributed by atoms with van der Waals surface area (Å²) in [4.78, 5) is 25.5. The molecule has 71 valence electrons. The molecular weight excluding hydrogens is 192 g/mol. The second kappa shape index (κ2) is 2.84. The fourth-order valence-corrected chi connectivity index (χ4v) is 1.47. The van der Waals surface area contributed by atoms with Crippen LogP contribution in [0, 0.1) is 6.33 Å². The number of H-pyrrole nitrogens is 1. The molecule has 3 aromatic rings. The van der Waals surface area contributed by atoms with E-state index in [0.717, 1.165) is 16.4 Å². The molecule has 3 rings (SSSR count). The van der Waals surface area contributed by atoms with Crippen molar-refractivity contribution in [2.24, 2.45) is 0 Å². The first-order valence-electron chi connectivity index (χ1n) is 4.35. The summed E-state index contributed by atoms with van der Waals surface area (Å²) in [5.41, 5.74) is 1.90. The van der Waals surface area contributed by atoms with Crippen LogP contribution >= 0.6 is 0 Å². The molecule has 2 aromatic heterocycles. The van der Waals surface area contributed by atoms with E-state index in [0.29, 0.717) is 5.52 Å². The number of hydrogen-bond acceptors (Lipinski definition) is 4. The van der Waals surface area contributed by atoms with Crippen LogP contribution in [-0.2, 0) is 0 Å². The first-order valence-corrected chi connectivity index (χ1v) is 4.35. The lowest BCUT2D eigenvalue weighted by atomic mass is 10.2. The van der Waals surface area contributed by atoms with Gasteiger partial charge in [0.15, 0.2) is 6.33 Å². The van der Waals surface area contributed by atoms with Crippen LogP contribution in [0.3, 0.4) is 0 Å². The Kier molecular flexibility index (Phi) is 1.53. The lowest BCUT2D eigenvalue weighted by molar-refractivity contribution is 1.19. The van der Waals surface area contributed by atoms with Crippen LogP contribution in [0.15, 0.2) is 29.3 Å². The number of aromatic nitrogens is 4. The van der Waals surface area contributed by atoms with E-state index in [-0.39, 0.29) is 5.56 Å². The van der Waals surface area contributed by atoms with Crippen molar-refractivity contribution in [3.8, 4) is 0 Å². The average molecular weight is 197 g/mol. The van der Waals surface area contributed by atoms with Crippen LogP contribution in [0.5, 0.6) is 0 Å². The fourth-order valence-electron chi connectivity index (χ4n) is 1.47. The van der Waals surface area contributed by atoms with Gasteiger partial charge in [0.2, 0.25) is 0 Å². The summed E-state index contributed by atoms with van der Waals surface area (Å²) in [6.07, 6.45) is 5.42. The van der Waals surface area contributed by atoms with Crippen LogP contribution in [0.4, 0.5) is 0 Å². The molecule has 5 nitrogen and oxygen atoms in total. The van der Waals surface area contributed by atoms with E-state index in [1.807, 2.05) is 6.07 Å². The molecule has 1 N–H and O–H groups in total. The third-order valence-corrected chi connectivity index (χ3v) is 2.16. The van der Waals surface area contributed by atoms with Crippen molar-refractivity contribution in [3.05, 3.63) is 41.2 Å². The second-order valence-electron chi connectivity index (χ2n) is 3.15. The Morgan fingerprint density at radius 2 is 2.13 bits per heavy atom. The Hall–Kier alpha value is -2.30. The highest BCUT2D eigenvalue weighted by molar-refractivity contribution is 5.91. The summed E-state index contributed by atoms with van der Waals surface area (Å²) >= 11 is 0. The van der Waals surface area contributed by atoms with Crippen molar-refractivity contribution in [2.45, 2.75) is 0 Å². The van der Waals surface area contributed by atoms with Crippen molar-refractivity contribution in [3.63, 3.8) is 0 Å². The first-order chi connectivity index (χ1) is 7.33. The van der Waals surface area contributed by atoms with Gasteiger partial charge >= 0.3 is 0 Å². The molecule has 0 aliphatic heterocycles. The lowest BCUT2D eigenvalue weighted by Gasteiger charge is -1.98. The van der Waals surface area contributed by atoms with Gasteiger partial charge in [0.25, 0.3) is 5.56 Å². The molecule has 2 heterocycles. The molecule has 0 bridgehead atoms. The highest BCUT2D eigenvalue weighted by Crippen LogP contribution is 2.15. The van der Waals surface area contributed by atoms with Gasteiger partial charge in [-0.2, -0.15) is 0 Å². The van der Waals surface area contributed by atoms with Gasteiger partial charge in [0, 0.05) is 11.6 Å². The number of benzene rings is 1. The molecule has 0 atom stereocenters. The van der Waals surface area contributed by atoms with Crippen LogP contribution in [0.25, 0.3) is 21.9 Å². The smallest absolute Gasteiger partial charge is 0.266 e. The summed E-state index contributed by atoms with van der Waals surface area (Å²) in [6, 6.07) is 3.59. The van der Waals surface area contributed by atoms with Crippen molar-refractivity contribution in [2.75, 3.05) is 0 Å². The van der Waals surface area contributed by atoms with E-state index in [2.05, 4.69) is 26.3 Å². The van der Waals surface area contributed by atoms with Crippen molar-refractivity contribution in [1.29, 1.82) is 0 Å². The minimum Gasteiger partial charge on any atom is -0.319 e. The Balaban J connectivity index is 2.53. The summed E-state index contributed by atoms with van der Waals surface area (Å²) in [7, 11) is 0. The van der Waals surface area contributed by atoms with Crippen molar-refractivity contribution >= 4 is 21.9 Å². The van der Waals surface area contributed by atoms with Crippen molar-refractivity contribution < 1.29 is 0 Å². The topological polar surface area (TPSA) is 71.5 Å². The van der Waals surface area contributed by atoms with Gasteiger partial charge in [-0.25, -0.2) is 15.0 Å². The molecular formula is C10H5N4O. The molecule has 0 aliphatic rings. The summed E-state index contributed by atoms with van der Waals surface area (Å²) < 4.78 is 0. The SMILES string of the molecule is O=c1cnc2cc3cn[c]nc3cc2[nH]1. The molecule has 1 aromatic carbocycles. The molecule has 0 unspecified atom stereocenters. The minimum absolute atomic E-state index is 0.222. The Morgan fingerprint density at radius 3 is 3.07 bits per heavy atom. The molecule has 15 heavy (non-hydrogen) atoms. The van der Waals surface area contributed by atoms with E-state index in [9.17, 15) is 4.79 Å². The maximum atomic E-state index is 11.1. The number of nitrogens with zero attached hydrogens (tertiary/aromatic N) is 3. The maximum absolute atomic E-state index is 11.1. The maximum Gasteiger partial charge on any atom is 0.266 e. The molecule has 0 saturated heterocycles. The number of hydrogen-bond donors (Lipinski definition) is 1. The van der Waals surface area contributed by atoms with E-state index in [1.165, 1.54) is 6.20 Å². The molecule has 1 radical (unpaired) electrons. The monoisotopic (exact) mass is 197 g/mol. The Morgan fingerprint density at radius 1 is 1.20 bits per heavy atom. The van der Waals surface area contributed by atoms with Gasteiger partial charge in [-0.3, -0.25) is 4.79 Å². The number of nitrogens with one attached hydrogen (secondary N) is 1. The van der Waals surface area contributed by atoms with Gasteiger partial charge in [-0.1, -0.05) is 0 Å². The molecule has 0 saturated carbocycles. The zero-order chi connectivity index (χ0) is 10.3. The fraction of sp³-hybridized carbons (Fsp3) is 0. The third-order valence-electron chi connectivity index (χ3n) is 2.16. The Labute approximate surface area is 83.8 Å². The molecule has 0 fully saturated rings. The quantitative estimate of drug-likeness (QED) is 0.537. The molecule has 0 aliphatic carbocycles. The zero-order valence-corrected chi connectivity index (χ0v) is 7.56. The van der Waals surface area contributed by atoms with E-state index in [1.54, 1.807) is 12.3 Å².